The number of rotatable bonds is 6. The van der Waals surface area contributed by atoms with Crippen LogP contribution in [0.5, 0.6) is 0 Å². The molecule has 1 amide bonds. The smallest absolute Gasteiger partial charge is 0.228 e. The van der Waals surface area contributed by atoms with Crippen LogP contribution in [0.25, 0.3) is 0 Å². The normalized spacial score (nSPS) is 13.7. The Morgan fingerprint density at radius 2 is 1.77 bits per heavy atom. The van der Waals surface area contributed by atoms with E-state index in [1.165, 1.54) is 0 Å². The third kappa shape index (κ3) is 5.71. The molecule has 0 aliphatic carbocycles. The molecule has 0 bridgehead atoms. The van der Waals surface area contributed by atoms with Crippen molar-refractivity contribution in [2.75, 3.05) is 41.8 Å². The van der Waals surface area contributed by atoms with Gasteiger partial charge in [0, 0.05) is 41.2 Å². The van der Waals surface area contributed by atoms with E-state index in [1.54, 1.807) is 6.07 Å². The van der Waals surface area contributed by atoms with Gasteiger partial charge in [0.15, 0.2) is 0 Å². The Kier molecular flexibility index (Phi) is 6.64. The van der Waals surface area contributed by atoms with E-state index in [4.69, 9.17) is 16.3 Å². The number of nitrogens with one attached hydrogen (secondary N) is 2. The number of benzene rings is 2. The minimum atomic E-state index is -0.115. The summed E-state index contributed by atoms with van der Waals surface area (Å²) in [4.78, 5) is 23.6. The van der Waals surface area contributed by atoms with Crippen LogP contribution in [-0.4, -0.2) is 42.2 Å². The number of aryl methyl sites for hydroxylation is 1. The van der Waals surface area contributed by atoms with Crippen LogP contribution < -0.4 is 15.5 Å². The highest BCUT2D eigenvalue weighted by Gasteiger charge is 2.15. The van der Waals surface area contributed by atoms with Crippen molar-refractivity contribution < 1.29 is 9.53 Å². The number of aromatic nitrogens is 2. The Hall–Kier alpha value is -3.16. The molecular formula is C23H24ClN5O2. The van der Waals surface area contributed by atoms with E-state index in [-0.39, 0.29) is 12.3 Å². The molecule has 160 valence electrons. The maximum Gasteiger partial charge on any atom is 0.228 e. The predicted molar refractivity (Wildman–Crippen MR) is 123 cm³/mol. The van der Waals surface area contributed by atoms with E-state index in [0.717, 1.165) is 41.5 Å². The van der Waals surface area contributed by atoms with Crippen molar-refractivity contribution in [1.82, 2.24) is 9.97 Å². The van der Waals surface area contributed by atoms with Crippen LogP contribution in [0.4, 0.5) is 23.1 Å². The number of carbonyl (C=O) groups is 1. The van der Waals surface area contributed by atoms with Crippen molar-refractivity contribution in [3.63, 3.8) is 0 Å². The lowest BCUT2D eigenvalue weighted by Crippen LogP contribution is -2.37. The summed E-state index contributed by atoms with van der Waals surface area (Å²) in [6.45, 7) is 4.89. The molecule has 1 aromatic heterocycles. The topological polar surface area (TPSA) is 79.4 Å². The Bertz CT molecular complexity index is 1050. The van der Waals surface area contributed by atoms with E-state index in [0.29, 0.717) is 24.2 Å². The second-order valence-corrected chi connectivity index (χ2v) is 7.72. The Balaban J connectivity index is 1.39. The maximum absolute atomic E-state index is 12.3. The van der Waals surface area contributed by atoms with Gasteiger partial charge in [-0.05, 0) is 42.8 Å². The molecule has 3 aromatic rings. The minimum Gasteiger partial charge on any atom is -0.378 e. The van der Waals surface area contributed by atoms with Crippen molar-refractivity contribution in [1.29, 1.82) is 0 Å². The van der Waals surface area contributed by atoms with Crippen LogP contribution in [0.3, 0.4) is 0 Å². The molecule has 31 heavy (non-hydrogen) atoms. The summed E-state index contributed by atoms with van der Waals surface area (Å²) < 4.78 is 5.41. The number of carbonyl (C=O) groups excluding carboxylic acids is 1. The molecule has 1 fully saturated rings. The second kappa shape index (κ2) is 9.76. The van der Waals surface area contributed by atoms with E-state index in [9.17, 15) is 4.79 Å². The summed E-state index contributed by atoms with van der Waals surface area (Å²) >= 11 is 6.13. The van der Waals surface area contributed by atoms with Crippen LogP contribution in [-0.2, 0) is 16.0 Å². The molecule has 7 nitrogen and oxygen atoms in total. The summed E-state index contributed by atoms with van der Waals surface area (Å²) in [5.74, 6) is 1.31. The largest absolute Gasteiger partial charge is 0.378 e. The van der Waals surface area contributed by atoms with Crippen molar-refractivity contribution in [2.24, 2.45) is 0 Å². The fourth-order valence-electron chi connectivity index (χ4n) is 3.33. The van der Waals surface area contributed by atoms with Crippen molar-refractivity contribution >= 4 is 40.6 Å². The van der Waals surface area contributed by atoms with Crippen LogP contribution in [0.1, 0.15) is 11.3 Å². The fraction of sp³-hybridized carbons (Fsp3) is 0.261. The number of anilines is 4. The first-order valence-electron chi connectivity index (χ1n) is 10.2. The van der Waals surface area contributed by atoms with Crippen molar-refractivity contribution in [3.05, 3.63) is 70.9 Å². The van der Waals surface area contributed by atoms with Crippen molar-refractivity contribution in [2.45, 2.75) is 13.3 Å². The van der Waals surface area contributed by atoms with E-state index < -0.39 is 0 Å². The number of hydrogen-bond donors (Lipinski definition) is 2. The summed E-state index contributed by atoms with van der Waals surface area (Å²) in [6, 6.07) is 16.8. The number of amides is 1. The van der Waals surface area contributed by atoms with Gasteiger partial charge < -0.3 is 20.3 Å². The first-order valence-corrected chi connectivity index (χ1v) is 10.5. The molecule has 4 rings (SSSR count). The molecule has 8 heteroatoms. The van der Waals surface area contributed by atoms with E-state index in [2.05, 4.69) is 25.5 Å². The third-order valence-electron chi connectivity index (χ3n) is 4.89. The van der Waals surface area contributed by atoms with E-state index >= 15 is 0 Å². The first-order chi connectivity index (χ1) is 15.1. The van der Waals surface area contributed by atoms with Gasteiger partial charge in [-0.2, -0.15) is 4.98 Å². The monoisotopic (exact) mass is 437 g/mol. The standard InChI is InChI=1S/C23H24ClN5O2/c1-16-14-21(28-23(25-16)29-10-12-31-13-11-29)26-18-6-8-19(9-7-18)27-22(30)15-17-4-2-3-5-20(17)24/h2-9,14H,10-13,15H2,1H3,(H,27,30)(H,25,26,28). The molecule has 0 radical (unpaired) electrons. The van der Waals surface area contributed by atoms with Gasteiger partial charge in [0.25, 0.3) is 0 Å². The minimum absolute atomic E-state index is 0.115. The van der Waals surface area contributed by atoms with Gasteiger partial charge >= 0.3 is 0 Å². The summed E-state index contributed by atoms with van der Waals surface area (Å²) in [5.41, 5.74) is 3.28. The van der Waals surface area contributed by atoms with E-state index in [1.807, 2.05) is 55.5 Å². The number of ether oxygens (including phenoxy) is 1. The van der Waals surface area contributed by atoms with Gasteiger partial charge in [-0.3, -0.25) is 4.79 Å². The van der Waals surface area contributed by atoms with Crippen molar-refractivity contribution in [3.8, 4) is 0 Å². The molecule has 1 aliphatic heterocycles. The van der Waals surface area contributed by atoms with Crippen LogP contribution in [0.15, 0.2) is 54.6 Å². The average molecular weight is 438 g/mol. The number of halogens is 1. The van der Waals surface area contributed by atoms with Gasteiger partial charge in [0.1, 0.15) is 5.82 Å². The quantitative estimate of drug-likeness (QED) is 0.601. The predicted octanol–water partition coefficient (Wildman–Crippen LogP) is 4.20. The zero-order valence-corrected chi connectivity index (χ0v) is 18.0. The molecule has 2 aromatic carbocycles. The van der Waals surface area contributed by atoms with Gasteiger partial charge in [-0.1, -0.05) is 29.8 Å². The molecule has 2 heterocycles. The van der Waals surface area contributed by atoms with Crippen LogP contribution in [0, 0.1) is 6.92 Å². The van der Waals surface area contributed by atoms with Crippen LogP contribution >= 0.6 is 11.6 Å². The summed E-state index contributed by atoms with van der Waals surface area (Å²) in [7, 11) is 0. The number of hydrogen-bond acceptors (Lipinski definition) is 6. The SMILES string of the molecule is Cc1cc(Nc2ccc(NC(=O)Cc3ccccc3Cl)cc2)nc(N2CCOCC2)n1. The lowest BCUT2D eigenvalue weighted by Gasteiger charge is -2.27. The summed E-state index contributed by atoms with van der Waals surface area (Å²) in [6.07, 6.45) is 0.226. The third-order valence-corrected chi connectivity index (χ3v) is 5.25. The van der Waals surface area contributed by atoms with Gasteiger partial charge in [0.05, 0.1) is 19.6 Å². The molecule has 0 atom stereocenters. The van der Waals surface area contributed by atoms with Gasteiger partial charge in [0.2, 0.25) is 11.9 Å². The molecule has 1 saturated heterocycles. The zero-order chi connectivity index (χ0) is 21.6. The highest BCUT2D eigenvalue weighted by Crippen LogP contribution is 2.21. The number of morpholine rings is 1. The van der Waals surface area contributed by atoms with Gasteiger partial charge in [-0.25, -0.2) is 4.98 Å². The highest BCUT2D eigenvalue weighted by molar-refractivity contribution is 6.31. The fourth-order valence-corrected chi connectivity index (χ4v) is 3.53. The zero-order valence-electron chi connectivity index (χ0n) is 17.3. The second-order valence-electron chi connectivity index (χ2n) is 7.31. The first kappa shape index (κ1) is 21.1. The Labute approximate surface area is 186 Å². The Morgan fingerprint density at radius 1 is 1.06 bits per heavy atom. The number of nitrogens with zero attached hydrogens (tertiary/aromatic N) is 3. The molecule has 0 spiro atoms. The highest BCUT2D eigenvalue weighted by atomic mass is 35.5. The average Bonchev–Trinajstić information content (AvgIpc) is 2.77. The molecule has 0 saturated carbocycles. The molecule has 2 N–H and O–H groups in total. The molecule has 0 unspecified atom stereocenters. The lowest BCUT2D eigenvalue weighted by atomic mass is 10.1. The summed E-state index contributed by atoms with van der Waals surface area (Å²) in [5, 5.41) is 6.80. The van der Waals surface area contributed by atoms with Gasteiger partial charge in [-0.15, -0.1) is 0 Å². The Morgan fingerprint density at radius 3 is 2.52 bits per heavy atom. The maximum atomic E-state index is 12.3. The molecular weight excluding hydrogens is 414 g/mol. The van der Waals surface area contributed by atoms with Crippen LogP contribution in [0.2, 0.25) is 5.02 Å². The lowest BCUT2D eigenvalue weighted by molar-refractivity contribution is -0.115. The molecule has 1 aliphatic rings.